The second-order valence-corrected chi connectivity index (χ2v) is 3.63. The van der Waals surface area contributed by atoms with Gasteiger partial charge in [-0.25, -0.2) is 5.43 Å². The SMILES string of the molecule is CC(=O)N/N=C\c1ccccc1OC(C)C. The Labute approximate surface area is 95.3 Å². The summed E-state index contributed by atoms with van der Waals surface area (Å²) in [5.41, 5.74) is 3.19. The Bertz CT molecular complexity index is 386. The van der Waals surface area contributed by atoms with Gasteiger partial charge >= 0.3 is 0 Å². The monoisotopic (exact) mass is 220 g/mol. The van der Waals surface area contributed by atoms with Gasteiger partial charge in [0.15, 0.2) is 0 Å². The Balaban J connectivity index is 2.78. The highest BCUT2D eigenvalue weighted by atomic mass is 16.5. The fourth-order valence-electron chi connectivity index (χ4n) is 1.14. The van der Waals surface area contributed by atoms with Crippen LogP contribution in [0.4, 0.5) is 0 Å². The molecule has 86 valence electrons. The fourth-order valence-corrected chi connectivity index (χ4v) is 1.14. The van der Waals surface area contributed by atoms with E-state index in [-0.39, 0.29) is 12.0 Å². The van der Waals surface area contributed by atoms with Gasteiger partial charge in [-0.1, -0.05) is 12.1 Å². The molecule has 1 amide bonds. The highest BCUT2D eigenvalue weighted by Gasteiger charge is 2.02. The smallest absolute Gasteiger partial charge is 0.236 e. The van der Waals surface area contributed by atoms with Crippen LogP contribution in [0.15, 0.2) is 29.4 Å². The van der Waals surface area contributed by atoms with Crippen LogP contribution in [0.3, 0.4) is 0 Å². The van der Waals surface area contributed by atoms with Gasteiger partial charge in [-0.15, -0.1) is 0 Å². The summed E-state index contributed by atoms with van der Waals surface area (Å²) in [5, 5.41) is 3.80. The molecule has 0 aliphatic heterocycles. The van der Waals surface area contributed by atoms with Crippen molar-refractivity contribution in [3.05, 3.63) is 29.8 Å². The van der Waals surface area contributed by atoms with Gasteiger partial charge in [0.05, 0.1) is 12.3 Å². The summed E-state index contributed by atoms with van der Waals surface area (Å²) in [5.74, 6) is 0.560. The van der Waals surface area contributed by atoms with Gasteiger partial charge in [0, 0.05) is 12.5 Å². The first-order chi connectivity index (χ1) is 7.59. The molecule has 0 spiro atoms. The van der Waals surface area contributed by atoms with Crippen LogP contribution in [0.2, 0.25) is 0 Å². The van der Waals surface area contributed by atoms with E-state index in [2.05, 4.69) is 10.5 Å². The van der Waals surface area contributed by atoms with Crippen LogP contribution in [0.1, 0.15) is 26.3 Å². The number of rotatable bonds is 4. The lowest BCUT2D eigenvalue weighted by Crippen LogP contribution is -2.13. The molecule has 0 aromatic heterocycles. The Morgan fingerprint density at radius 3 is 2.75 bits per heavy atom. The Kier molecular flexibility index (Phi) is 4.51. The first kappa shape index (κ1) is 12.2. The zero-order valence-corrected chi connectivity index (χ0v) is 9.73. The van der Waals surface area contributed by atoms with Gasteiger partial charge in [0.25, 0.3) is 0 Å². The van der Waals surface area contributed by atoms with Crippen LogP contribution in [-0.2, 0) is 4.79 Å². The van der Waals surface area contributed by atoms with Crippen molar-refractivity contribution in [3.63, 3.8) is 0 Å². The first-order valence-electron chi connectivity index (χ1n) is 5.15. The number of hydrogen-bond acceptors (Lipinski definition) is 3. The molecule has 0 aliphatic rings. The molecule has 4 heteroatoms. The summed E-state index contributed by atoms with van der Waals surface area (Å²) in [6.45, 7) is 5.33. The van der Waals surface area contributed by atoms with Crippen molar-refractivity contribution in [2.75, 3.05) is 0 Å². The fraction of sp³-hybridized carbons (Fsp3) is 0.333. The normalized spacial score (nSPS) is 10.8. The standard InChI is InChI=1S/C12H16N2O2/c1-9(2)16-12-7-5-4-6-11(12)8-13-14-10(3)15/h4-9H,1-3H3,(H,14,15)/b13-8-. The quantitative estimate of drug-likeness (QED) is 0.622. The Morgan fingerprint density at radius 1 is 1.44 bits per heavy atom. The van der Waals surface area contributed by atoms with E-state index >= 15 is 0 Å². The van der Waals surface area contributed by atoms with Crippen LogP contribution in [0, 0.1) is 0 Å². The van der Waals surface area contributed by atoms with Crippen LogP contribution in [0.5, 0.6) is 5.75 Å². The molecule has 0 unspecified atom stereocenters. The van der Waals surface area contributed by atoms with Crippen LogP contribution in [0.25, 0.3) is 0 Å². The number of para-hydroxylation sites is 1. The minimum Gasteiger partial charge on any atom is -0.490 e. The van der Waals surface area contributed by atoms with Crippen molar-refractivity contribution < 1.29 is 9.53 Å². The van der Waals surface area contributed by atoms with Crippen molar-refractivity contribution in [1.82, 2.24) is 5.43 Å². The van der Waals surface area contributed by atoms with Crippen molar-refractivity contribution in [1.29, 1.82) is 0 Å². The third-order valence-corrected chi connectivity index (χ3v) is 1.71. The predicted octanol–water partition coefficient (Wildman–Crippen LogP) is 1.94. The summed E-state index contributed by atoms with van der Waals surface area (Å²) < 4.78 is 5.60. The van der Waals surface area contributed by atoms with E-state index in [4.69, 9.17) is 4.74 Å². The van der Waals surface area contributed by atoms with Crippen molar-refractivity contribution >= 4 is 12.1 Å². The first-order valence-corrected chi connectivity index (χ1v) is 5.15. The van der Waals surface area contributed by atoms with Crippen molar-refractivity contribution in [2.24, 2.45) is 5.10 Å². The van der Waals surface area contributed by atoms with Gasteiger partial charge in [-0.05, 0) is 26.0 Å². The molecule has 1 N–H and O–H groups in total. The Hall–Kier alpha value is -1.84. The maximum Gasteiger partial charge on any atom is 0.236 e. The third kappa shape index (κ3) is 4.13. The molecule has 1 aromatic carbocycles. The van der Waals surface area contributed by atoms with Gasteiger partial charge in [-0.3, -0.25) is 4.79 Å². The number of hydrogen-bond donors (Lipinski definition) is 1. The van der Waals surface area contributed by atoms with Crippen LogP contribution >= 0.6 is 0 Å². The third-order valence-electron chi connectivity index (χ3n) is 1.71. The minimum absolute atomic E-state index is 0.107. The number of benzene rings is 1. The van der Waals surface area contributed by atoms with Crippen molar-refractivity contribution in [3.8, 4) is 5.75 Å². The molecule has 1 aromatic rings. The van der Waals surface area contributed by atoms with Crippen LogP contribution < -0.4 is 10.2 Å². The molecule has 16 heavy (non-hydrogen) atoms. The van der Waals surface area contributed by atoms with E-state index < -0.39 is 0 Å². The molecular weight excluding hydrogens is 204 g/mol. The zero-order chi connectivity index (χ0) is 12.0. The van der Waals surface area contributed by atoms with E-state index in [0.29, 0.717) is 0 Å². The minimum atomic E-state index is -0.196. The lowest BCUT2D eigenvalue weighted by molar-refractivity contribution is -0.118. The molecule has 0 aliphatic carbocycles. The molecule has 0 saturated heterocycles. The molecule has 0 fully saturated rings. The number of carbonyl (C=O) groups is 1. The van der Waals surface area contributed by atoms with Crippen molar-refractivity contribution in [2.45, 2.75) is 26.9 Å². The van der Waals surface area contributed by atoms with Gasteiger partial charge < -0.3 is 4.74 Å². The van der Waals surface area contributed by atoms with E-state index in [1.54, 1.807) is 6.21 Å². The summed E-state index contributed by atoms with van der Waals surface area (Å²) in [6.07, 6.45) is 1.68. The lowest BCUT2D eigenvalue weighted by Gasteiger charge is -2.11. The average molecular weight is 220 g/mol. The number of amides is 1. The van der Waals surface area contributed by atoms with E-state index in [1.807, 2.05) is 38.1 Å². The highest BCUT2D eigenvalue weighted by molar-refractivity contribution is 5.84. The summed E-state index contributed by atoms with van der Waals surface area (Å²) in [4.78, 5) is 10.6. The van der Waals surface area contributed by atoms with Gasteiger partial charge in [0.1, 0.15) is 5.75 Å². The second-order valence-electron chi connectivity index (χ2n) is 3.63. The maximum absolute atomic E-state index is 10.6. The summed E-state index contributed by atoms with van der Waals surface area (Å²) in [6, 6.07) is 7.54. The number of carbonyl (C=O) groups excluding carboxylic acids is 1. The average Bonchev–Trinajstić information content (AvgIpc) is 2.19. The molecular formula is C12H16N2O2. The molecule has 0 heterocycles. The predicted molar refractivity (Wildman–Crippen MR) is 63.6 cm³/mol. The zero-order valence-electron chi connectivity index (χ0n) is 9.73. The topological polar surface area (TPSA) is 50.7 Å². The number of ether oxygens (including phenoxy) is 1. The molecule has 4 nitrogen and oxygen atoms in total. The number of nitrogens with zero attached hydrogens (tertiary/aromatic N) is 1. The van der Waals surface area contributed by atoms with E-state index in [9.17, 15) is 4.79 Å². The van der Waals surface area contributed by atoms with Gasteiger partial charge in [-0.2, -0.15) is 5.10 Å². The molecule has 0 radical (unpaired) electrons. The number of hydrazone groups is 1. The van der Waals surface area contributed by atoms with Gasteiger partial charge in [0.2, 0.25) is 5.91 Å². The van der Waals surface area contributed by atoms with E-state index in [1.165, 1.54) is 6.92 Å². The Morgan fingerprint density at radius 2 is 2.12 bits per heavy atom. The summed E-state index contributed by atoms with van der Waals surface area (Å²) in [7, 11) is 0. The highest BCUT2D eigenvalue weighted by Crippen LogP contribution is 2.17. The van der Waals surface area contributed by atoms with Crippen LogP contribution in [-0.4, -0.2) is 18.2 Å². The van der Waals surface area contributed by atoms with E-state index in [0.717, 1.165) is 11.3 Å². The summed E-state index contributed by atoms with van der Waals surface area (Å²) >= 11 is 0. The molecule has 0 atom stereocenters. The molecule has 0 bridgehead atoms. The second kappa shape index (κ2) is 5.90. The number of nitrogens with one attached hydrogen (secondary N) is 1. The molecule has 0 saturated carbocycles. The largest absolute Gasteiger partial charge is 0.490 e. The maximum atomic E-state index is 10.6. The molecule has 1 rings (SSSR count). The lowest BCUT2D eigenvalue weighted by atomic mass is 10.2.